The molecule has 2 N–H and O–H groups in total. The molecule has 1 aromatic heterocycles. The number of alkyl halides is 3. The first-order chi connectivity index (χ1) is 13.3. The monoisotopic (exact) mass is 409 g/mol. The first-order valence-electron chi connectivity index (χ1n) is 8.47. The summed E-state index contributed by atoms with van der Waals surface area (Å²) in [6.45, 7) is 0.333. The van der Waals surface area contributed by atoms with Crippen LogP contribution in [0.5, 0.6) is 0 Å². The number of hydrogen-bond acceptors (Lipinski definition) is 5. The SMILES string of the molecule is N#Cc1ccc(Nc2ncc(C(=O)NCC3CCC3)c(C(F)(F)F)n2)cc1Cl. The van der Waals surface area contributed by atoms with Gasteiger partial charge >= 0.3 is 6.18 Å². The lowest BCUT2D eigenvalue weighted by Crippen LogP contribution is -2.33. The molecule has 0 atom stereocenters. The molecule has 1 amide bonds. The fourth-order valence-electron chi connectivity index (χ4n) is 2.67. The van der Waals surface area contributed by atoms with Crippen molar-refractivity contribution in [2.24, 2.45) is 5.92 Å². The summed E-state index contributed by atoms with van der Waals surface area (Å²) in [6, 6.07) is 6.12. The Hall–Kier alpha value is -2.86. The predicted octanol–water partition coefficient (Wildman–Crippen LogP) is 4.29. The molecule has 1 aliphatic carbocycles. The lowest BCUT2D eigenvalue weighted by atomic mass is 9.85. The number of halogens is 4. The fraction of sp³-hybridized carbons (Fsp3) is 0.333. The van der Waals surface area contributed by atoms with Crippen LogP contribution in [0.15, 0.2) is 24.4 Å². The van der Waals surface area contributed by atoms with Crippen LogP contribution >= 0.6 is 11.6 Å². The van der Waals surface area contributed by atoms with E-state index in [2.05, 4.69) is 20.6 Å². The predicted molar refractivity (Wildman–Crippen MR) is 96.2 cm³/mol. The van der Waals surface area contributed by atoms with Crippen molar-refractivity contribution in [3.8, 4) is 6.07 Å². The lowest BCUT2D eigenvalue weighted by molar-refractivity contribution is -0.141. The number of aromatic nitrogens is 2. The number of nitrogens with zero attached hydrogens (tertiary/aromatic N) is 3. The fourth-order valence-corrected chi connectivity index (χ4v) is 2.89. The van der Waals surface area contributed by atoms with E-state index in [0.717, 1.165) is 25.5 Å². The van der Waals surface area contributed by atoms with Gasteiger partial charge in [-0.1, -0.05) is 18.0 Å². The quantitative estimate of drug-likeness (QED) is 0.768. The van der Waals surface area contributed by atoms with Gasteiger partial charge in [-0.3, -0.25) is 4.79 Å². The second-order valence-corrected chi connectivity index (χ2v) is 6.80. The van der Waals surface area contributed by atoms with Crippen LogP contribution in [0.1, 0.15) is 40.9 Å². The van der Waals surface area contributed by atoms with E-state index in [-0.39, 0.29) is 16.5 Å². The molecular formula is C18H15ClF3N5O. The average molecular weight is 410 g/mol. The molecule has 1 aromatic carbocycles. The highest BCUT2D eigenvalue weighted by Crippen LogP contribution is 2.32. The van der Waals surface area contributed by atoms with E-state index in [1.807, 2.05) is 6.07 Å². The summed E-state index contributed by atoms with van der Waals surface area (Å²) in [5.74, 6) is -0.892. The Balaban J connectivity index is 1.82. The molecule has 28 heavy (non-hydrogen) atoms. The molecule has 0 radical (unpaired) electrons. The molecule has 0 aliphatic heterocycles. The van der Waals surface area contributed by atoms with Crippen molar-refractivity contribution in [1.82, 2.24) is 15.3 Å². The first-order valence-corrected chi connectivity index (χ1v) is 8.85. The summed E-state index contributed by atoms with van der Waals surface area (Å²) < 4.78 is 40.2. The Kier molecular flexibility index (Phi) is 5.70. The van der Waals surface area contributed by atoms with Crippen LogP contribution in [-0.4, -0.2) is 22.4 Å². The van der Waals surface area contributed by atoms with Crippen molar-refractivity contribution in [3.05, 3.63) is 46.2 Å². The Morgan fingerprint density at radius 1 is 1.36 bits per heavy atom. The highest BCUT2D eigenvalue weighted by molar-refractivity contribution is 6.32. The molecule has 1 fully saturated rings. The van der Waals surface area contributed by atoms with Crippen LogP contribution in [0, 0.1) is 17.2 Å². The smallest absolute Gasteiger partial charge is 0.352 e. The van der Waals surface area contributed by atoms with E-state index in [0.29, 0.717) is 18.2 Å². The topological polar surface area (TPSA) is 90.7 Å². The molecular weight excluding hydrogens is 395 g/mol. The number of rotatable bonds is 5. The third-order valence-corrected chi connectivity index (χ3v) is 4.74. The van der Waals surface area contributed by atoms with E-state index >= 15 is 0 Å². The van der Waals surface area contributed by atoms with Crippen molar-refractivity contribution in [1.29, 1.82) is 5.26 Å². The van der Waals surface area contributed by atoms with Gasteiger partial charge in [0.2, 0.25) is 5.95 Å². The third-order valence-electron chi connectivity index (χ3n) is 4.42. The summed E-state index contributed by atoms with van der Waals surface area (Å²) in [4.78, 5) is 19.5. The zero-order valence-corrected chi connectivity index (χ0v) is 15.2. The highest BCUT2D eigenvalue weighted by Gasteiger charge is 2.38. The van der Waals surface area contributed by atoms with Gasteiger partial charge in [-0.25, -0.2) is 9.97 Å². The minimum absolute atomic E-state index is 0.135. The second-order valence-electron chi connectivity index (χ2n) is 6.39. The zero-order valence-electron chi connectivity index (χ0n) is 14.5. The molecule has 6 nitrogen and oxygen atoms in total. The van der Waals surface area contributed by atoms with Gasteiger partial charge in [-0.05, 0) is 37.0 Å². The van der Waals surface area contributed by atoms with E-state index in [9.17, 15) is 18.0 Å². The number of nitrogens with one attached hydrogen (secondary N) is 2. The largest absolute Gasteiger partial charge is 0.434 e. The summed E-state index contributed by atoms with van der Waals surface area (Å²) in [5, 5.41) is 14.1. The summed E-state index contributed by atoms with van der Waals surface area (Å²) in [5.41, 5.74) is -1.42. The number of anilines is 2. The van der Waals surface area contributed by atoms with Crippen LogP contribution in [0.3, 0.4) is 0 Å². The molecule has 146 valence electrons. The lowest BCUT2D eigenvalue weighted by Gasteiger charge is -2.25. The van der Waals surface area contributed by atoms with Gasteiger partial charge in [0, 0.05) is 18.4 Å². The summed E-state index contributed by atoms with van der Waals surface area (Å²) in [7, 11) is 0. The van der Waals surface area contributed by atoms with Crippen LogP contribution < -0.4 is 10.6 Å². The van der Waals surface area contributed by atoms with Gasteiger partial charge in [0.05, 0.1) is 16.1 Å². The maximum Gasteiger partial charge on any atom is 0.434 e. The third kappa shape index (κ3) is 4.51. The van der Waals surface area contributed by atoms with Crippen molar-refractivity contribution < 1.29 is 18.0 Å². The Bertz CT molecular complexity index is 938. The van der Waals surface area contributed by atoms with Crippen molar-refractivity contribution in [2.45, 2.75) is 25.4 Å². The van der Waals surface area contributed by atoms with Gasteiger partial charge in [0.1, 0.15) is 6.07 Å². The molecule has 0 bridgehead atoms. The van der Waals surface area contributed by atoms with E-state index in [1.165, 1.54) is 18.2 Å². The average Bonchev–Trinajstić information content (AvgIpc) is 2.59. The highest BCUT2D eigenvalue weighted by atomic mass is 35.5. The van der Waals surface area contributed by atoms with Gasteiger partial charge in [-0.15, -0.1) is 0 Å². The van der Waals surface area contributed by atoms with Crippen molar-refractivity contribution >= 4 is 29.1 Å². The number of amides is 1. The Labute approximate surface area is 163 Å². The number of carbonyl (C=O) groups is 1. The Morgan fingerprint density at radius 2 is 2.11 bits per heavy atom. The van der Waals surface area contributed by atoms with E-state index in [1.54, 1.807) is 0 Å². The Morgan fingerprint density at radius 3 is 2.68 bits per heavy atom. The molecule has 1 saturated carbocycles. The van der Waals surface area contributed by atoms with Gasteiger partial charge in [0.15, 0.2) is 5.69 Å². The van der Waals surface area contributed by atoms with Crippen LogP contribution in [0.4, 0.5) is 24.8 Å². The molecule has 0 unspecified atom stereocenters. The number of benzene rings is 1. The molecule has 2 aromatic rings. The number of hydrogen-bond donors (Lipinski definition) is 2. The van der Waals surface area contributed by atoms with Gasteiger partial charge in [-0.2, -0.15) is 18.4 Å². The van der Waals surface area contributed by atoms with Crippen LogP contribution in [0.25, 0.3) is 0 Å². The van der Waals surface area contributed by atoms with Gasteiger partial charge < -0.3 is 10.6 Å². The van der Waals surface area contributed by atoms with Gasteiger partial charge in [0.25, 0.3) is 5.91 Å². The molecule has 0 saturated heterocycles. The minimum atomic E-state index is -4.83. The molecule has 3 rings (SSSR count). The maximum atomic E-state index is 13.4. The molecule has 0 spiro atoms. The van der Waals surface area contributed by atoms with E-state index < -0.39 is 23.3 Å². The standard InChI is InChI=1S/C18H15ClF3N5O/c19-14-6-12(5-4-11(14)7-23)26-17-25-9-13(15(27-17)18(20,21)22)16(28)24-8-10-2-1-3-10/h4-6,9-10H,1-3,8H2,(H,24,28)(H,25,26,27). The first kappa shape index (κ1) is 19.9. The normalized spacial score (nSPS) is 14.1. The molecule has 10 heteroatoms. The van der Waals surface area contributed by atoms with Crippen LogP contribution in [0.2, 0.25) is 5.02 Å². The molecule has 1 heterocycles. The number of carbonyl (C=O) groups excluding carboxylic acids is 1. The molecule has 1 aliphatic rings. The second kappa shape index (κ2) is 8.02. The summed E-state index contributed by atoms with van der Waals surface area (Å²) >= 11 is 5.91. The zero-order chi connectivity index (χ0) is 20.3. The summed E-state index contributed by atoms with van der Waals surface area (Å²) in [6.07, 6.45) is -1.00. The van der Waals surface area contributed by atoms with E-state index in [4.69, 9.17) is 16.9 Å². The minimum Gasteiger partial charge on any atom is -0.352 e. The van der Waals surface area contributed by atoms with Crippen LogP contribution in [-0.2, 0) is 6.18 Å². The maximum absolute atomic E-state index is 13.4. The number of nitriles is 1. The van der Waals surface area contributed by atoms with Crippen molar-refractivity contribution in [2.75, 3.05) is 11.9 Å². The van der Waals surface area contributed by atoms with Crippen molar-refractivity contribution in [3.63, 3.8) is 0 Å².